The summed E-state index contributed by atoms with van der Waals surface area (Å²) >= 11 is 1.99. The Morgan fingerprint density at radius 2 is 1.05 bits per heavy atom. The van der Waals surface area contributed by atoms with E-state index in [0.717, 1.165) is 27.2 Å². The van der Waals surface area contributed by atoms with Crippen LogP contribution in [0.2, 0.25) is 0 Å². The smallest absolute Gasteiger partial charge is 0.333 e. The van der Waals surface area contributed by atoms with Gasteiger partial charge in [-0.2, -0.15) is 10.5 Å². The van der Waals surface area contributed by atoms with Crippen molar-refractivity contribution in [1.82, 2.24) is 18.3 Å². The summed E-state index contributed by atoms with van der Waals surface area (Å²) in [4.78, 5) is 82.0. The maximum Gasteiger partial charge on any atom is 0.333 e. The van der Waals surface area contributed by atoms with E-state index in [1.54, 1.807) is 40.7 Å². The Labute approximate surface area is 466 Å². The third-order valence-electron chi connectivity index (χ3n) is 14.0. The number of hydrogen-bond acceptors (Lipinski definition) is 17. The Balaban J connectivity index is 0.000000232. The number of hydrogen-bond donors (Lipinski definition) is 1. The van der Waals surface area contributed by atoms with Gasteiger partial charge in [-0.3, -0.25) is 18.7 Å². The highest BCUT2D eigenvalue weighted by molar-refractivity contribution is 7.19. The number of carbonyl (C=O) groups is 2. The first-order chi connectivity index (χ1) is 37.7. The zero-order chi connectivity index (χ0) is 58.8. The number of fused-ring (bicyclic) bond motifs is 2. The number of rotatable bonds is 16. The van der Waals surface area contributed by atoms with Gasteiger partial charge in [0.2, 0.25) is 0 Å². The summed E-state index contributed by atoms with van der Waals surface area (Å²) in [5.41, 5.74) is -5.79. The summed E-state index contributed by atoms with van der Waals surface area (Å²) in [6, 6.07) is 12.2. The first-order valence-electron chi connectivity index (χ1n) is 25.7. The number of carboxylic acid groups (broad SMARTS) is 1. The molecule has 6 heterocycles. The minimum absolute atomic E-state index is 0.0939. The van der Waals surface area contributed by atoms with Crippen LogP contribution in [0.3, 0.4) is 0 Å². The maximum atomic E-state index is 14.3. The van der Waals surface area contributed by atoms with E-state index in [4.69, 9.17) is 33.2 Å². The first kappa shape index (κ1) is 60.6. The quantitative estimate of drug-likeness (QED) is 0.0904. The fourth-order valence-corrected chi connectivity index (χ4v) is 11.8. The summed E-state index contributed by atoms with van der Waals surface area (Å²) < 4.78 is 72.7. The molecule has 2 saturated heterocycles. The van der Waals surface area contributed by atoms with Gasteiger partial charge in [0.25, 0.3) is 11.1 Å². The van der Waals surface area contributed by atoms with E-state index in [2.05, 4.69) is 6.07 Å². The summed E-state index contributed by atoms with van der Waals surface area (Å²) in [5, 5.41) is 29.5. The number of carbonyl (C=O) groups excluding carboxylic acids is 1. The zero-order valence-electron chi connectivity index (χ0n) is 46.4. The number of benzene rings is 2. The monoisotopic (exact) mass is 1150 g/mol. The fourth-order valence-electron chi connectivity index (χ4n) is 9.56. The van der Waals surface area contributed by atoms with E-state index in [1.165, 1.54) is 81.4 Å². The summed E-state index contributed by atoms with van der Waals surface area (Å²) in [6.07, 6.45) is 0.358. The number of esters is 1. The topological polar surface area (TPSA) is 255 Å². The lowest BCUT2D eigenvalue weighted by Gasteiger charge is -2.31. The highest BCUT2D eigenvalue weighted by Gasteiger charge is 2.40. The van der Waals surface area contributed by atoms with E-state index < -0.39 is 75.0 Å². The Bertz CT molecular complexity index is 3670. The van der Waals surface area contributed by atoms with Crippen LogP contribution < -0.4 is 32.0 Å². The number of aromatic nitrogens is 4. The molecule has 0 bridgehead atoms. The lowest BCUT2D eigenvalue weighted by molar-refractivity contribution is -0.164. The van der Waals surface area contributed by atoms with Crippen molar-refractivity contribution in [2.75, 3.05) is 40.6 Å². The van der Waals surface area contributed by atoms with Crippen molar-refractivity contribution in [3.8, 4) is 23.6 Å². The second kappa shape index (κ2) is 24.3. The predicted molar refractivity (Wildman–Crippen MR) is 293 cm³/mol. The number of thiophene rings is 2. The number of aryl methyl sites for hydroxylation is 2. The van der Waals surface area contributed by atoms with Gasteiger partial charge < -0.3 is 38.3 Å². The number of methoxy groups -OCH3 is 2. The van der Waals surface area contributed by atoms with Crippen LogP contribution in [-0.4, -0.2) is 93.8 Å². The van der Waals surface area contributed by atoms with E-state index in [9.17, 15) is 53.2 Å². The minimum Gasteiger partial charge on any atom is -0.496 e. The van der Waals surface area contributed by atoms with Crippen LogP contribution in [0.1, 0.15) is 118 Å². The number of halogens is 2. The highest BCUT2D eigenvalue weighted by atomic mass is 32.1. The van der Waals surface area contributed by atoms with E-state index in [-0.39, 0.29) is 67.0 Å². The first-order valence-corrected chi connectivity index (χ1v) is 27.3. The van der Waals surface area contributed by atoms with E-state index in [1.807, 2.05) is 6.07 Å². The van der Waals surface area contributed by atoms with Gasteiger partial charge in [0.05, 0.1) is 50.3 Å². The molecule has 8 rings (SSSR count). The molecule has 0 aliphatic carbocycles. The van der Waals surface area contributed by atoms with Crippen LogP contribution >= 0.6 is 22.7 Å². The molecule has 2 unspecified atom stereocenters. The molecule has 0 amide bonds. The molecule has 80 heavy (non-hydrogen) atoms. The van der Waals surface area contributed by atoms with E-state index >= 15 is 0 Å². The van der Waals surface area contributed by atoms with Crippen molar-refractivity contribution < 1.29 is 56.6 Å². The zero-order valence-corrected chi connectivity index (χ0v) is 48.0. The van der Waals surface area contributed by atoms with Crippen LogP contribution in [0.5, 0.6) is 11.5 Å². The molecule has 0 saturated carbocycles. The molecule has 20 nitrogen and oxygen atoms in total. The van der Waals surface area contributed by atoms with Crippen LogP contribution in [0.25, 0.3) is 20.4 Å². The largest absolute Gasteiger partial charge is 0.496 e. The third kappa shape index (κ3) is 12.3. The molecule has 2 aromatic carbocycles. The Morgan fingerprint density at radius 1 is 0.675 bits per heavy atom. The second-order valence-corrected chi connectivity index (χ2v) is 23.3. The fraction of sp³-hybridized carbons (Fsp3) is 0.500. The SMILES string of the molecule is COc1cc(F)ccc1C(Cn1c(=O)n(C(C)(C)C(=O)O)c(=O)c2c(C)c(C#N)sc21)OC1CCOCC1.COc1cc(F)ccc1C(Cn1c(=O)n(C(C)(C)C(=O)OC(C)(C)C)c(=O)c2c(C)c(C#N)sc21)OC1CCOCC1. The van der Waals surface area contributed by atoms with Crippen LogP contribution in [0.4, 0.5) is 8.78 Å². The molecular weight excluding hydrogens is 1080 g/mol. The Morgan fingerprint density at radius 3 is 1.39 bits per heavy atom. The van der Waals surface area contributed by atoms with Gasteiger partial charge >= 0.3 is 23.3 Å². The Kier molecular flexibility index (Phi) is 18.4. The number of nitrogens with zero attached hydrogens (tertiary/aromatic N) is 6. The van der Waals surface area contributed by atoms with Crippen LogP contribution in [-0.2, 0) is 57.4 Å². The van der Waals surface area contributed by atoms with Crippen molar-refractivity contribution >= 4 is 55.0 Å². The summed E-state index contributed by atoms with van der Waals surface area (Å²) in [5.74, 6) is -2.70. The molecule has 428 valence electrons. The van der Waals surface area contributed by atoms with Gasteiger partial charge in [0.15, 0.2) is 0 Å². The lowest BCUT2D eigenvalue weighted by Crippen LogP contribution is -2.54. The Hall–Kier alpha value is -7.06. The number of nitriles is 2. The number of ether oxygens (including phenoxy) is 7. The average molecular weight is 1150 g/mol. The van der Waals surface area contributed by atoms with Gasteiger partial charge in [0.1, 0.15) is 83.6 Å². The van der Waals surface area contributed by atoms with Crippen molar-refractivity contribution in [2.45, 2.75) is 142 Å². The van der Waals surface area contributed by atoms with Gasteiger partial charge in [-0.1, -0.05) is 0 Å². The summed E-state index contributed by atoms with van der Waals surface area (Å²) in [6.45, 7) is 15.5. The normalized spacial score (nSPS) is 15.4. The number of carboxylic acids is 1. The molecule has 6 aromatic rings. The molecule has 2 aliphatic rings. The van der Waals surface area contributed by atoms with Gasteiger partial charge in [-0.15, -0.1) is 22.7 Å². The van der Waals surface area contributed by atoms with Gasteiger partial charge in [-0.05, 0) is 123 Å². The molecule has 0 radical (unpaired) electrons. The summed E-state index contributed by atoms with van der Waals surface area (Å²) in [7, 11) is 2.81. The average Bonchev–Trinajstić information content (AvgIpc) is 4.11. The van der Waals surface area contributed by atoms with E-state index in [0.29, 0.717) is 78.9 Å². The lowest BCUT2D eigenvalue weighted by atomic mass is 10.0. The molecule has 1 N–H and O–H groups in total. The predicted octanol–water partition coefficient (Wildman–Crippen LogP) is 7.88. The van der Waals surface area contributed by atoms with Crippen LogP contribution in [0.15, 0.2) is 55.6 Å². The molecule has 0 spiro atoms. The molecule has 4 aromatic heterocycles. The highest BCUT2D eigenvalue weighted by Crippen LogP contribution is 2.37. The van der Waals surface area contributed by atoms with Crippen molar-refractivity contribution in [3.05, 3.63) is 122 Å². The molecular formula is C56H64F2N6O14S2. The van der Waals surface area contributed by atoms with Crippen LogP contribution in [0, 0.1) is 48.1 Å². The number of aliphatic carboxylic acids is 1. The van der Waals surface area contributed by atoms with Gasteiger partial charge in [-0.25, -0.2) is 37.1 Å². The molecule has 2 fully saturated rings. The molecule has 2 aliphatic heterocycles. The van der Waals surface area contributed by atoms with Crippen molar-refractivity contribution in [1.29, 1.82) is 10.5 Å². The standard InChI is InChI=1S/C30H36FN3O7S.C26H28FN3O7S/c1-17-23(15-32)42-26-24(17)25(35)34(30(5,6)27(36)41-29(2,3)4)28(37)33(26)16-22(40-19-10-12-39-13-11-19)20-9-8-18(31)14-21(20)38-7;1-14-20(12-28)38-23-21(14)22(31)30(26(2,3)24(32)33)25(34)29(23)13-19(37-16-7-9-36-10-8-16)17-6-5-15(27)11-18(17)35-4/h8-9,14,19,22H,10-13,16H2,1-7H3;5-6,11,16,19H,7-10,13H2,1-4H3,(H,32,33). The van der Waals surface area contributed by atoms with Crippen molar-refractivity contribution in [2.24, 2.45) is 0 Å². The third-order valence-corrected chi connectivity index (χ3v) is 16.4. The second-order valence-electron chi connectivity index (χ2n) is 21.3. The van der Waals surface area contributed by atoms with Gasteiger partial charge in [0, 0.05) is 49.7 Å². The minimum atomic E-state index is -1.88. The van der Waals surface area contributed by atoms with Crippen molar-refractivity contribution in [3.63, 3.8) is 0 Å². The maximum absolute atomic E-state index is 14.3. The molecule has 2 atom stereocenters. The molecule has 24 heteroatoms.